The zero-order valence-electron chi connectivity index (χ0n) is 30.6. The Kier molecular flexibility index (Phi) is 14.6. The van der Waals surface area contributed by atoms with Crippen LogP contribution in [-0.4, -0.2) is 67.4 Å². The van der Waals surface area contributed by atoms with Gasteiger partial charge in [-0.05, 0) is 86.0 Å². The predicted octanol–water partition coefficient (Wildman–Crippen LogP) is 7.39. The van der Waals surface area contributed by atoms with Crippen LogP contribution in [0.4, 0.5) is 8.78 Å². The van der Waals surface area contributed by atoms with Gasteiger partial charge in [-0.3, -0.25) is 15.0 Å². The predicted molar refractivity (Wildman–Crippen MR) is 207 cm³/mol. The van der Waals surface area contributed by atoms with Gasteiger partial charge in [-0.2, -0.15) is 13.5 Å². The number of carbonyl (C=O) groups excluding carboxylic acids is 2. The number of aromatic nitrogens is 1. The summed E-state index contributed by atoms with van der Waals surface area (Å²) in [5.41, 5.74) is 1.53. The molecule has 2 N–H and O–H groups in total. The number of esters is 2. The van der Waals surface area contributed by atoms with Crippen molar-refractivity contribution in [1.29, 1.82) is 0 Å². The van der Waals surface area contributed by atoms with Crippen LogP contribution in [0.2, 0.25) is 10.0 Å². The number of rotatable bonds is 16. The van der Waals surface area contributed by atoms with E-state index in [1.54, 1.807) is 12.1 Å². The lowest BCUT2D eigenvalue weighted by Crippen LogP contribution is -2.52. The lowest BCUT2D eigenvalue weighted by molar-refractivity contribution is -0.605. The van der Waals surface area contributed by atoms with E-state index in [1.165, 1.54) is 29.5 Å². The van der Waals surface area contributed by atoms with Crippen molar-refractivity contribution in [3.8, 4) is 11.5 Å². The molecule has 4 fully saturated rings. The van der Waals surface area contributed by atoms with Gasteiger partial charge in [0.2, 0.25) is 0 Å². The minimum Gasteiger partial charge on any atom is -0.619 e. The normalized spacial score (nSPS) is 19.5. The van der Waals surface area contributed by atoms with Gasteiger partial charge in [0, 0.05) is 30.0 Å². The molecule has 17 heteroatoms. The Morgan fingerprint density at radius 1 is 1.00 bits per heavy atom. The number of benzene rings is 2. The van der Waals surface area contributed by atoms with Crippen LogP contribution in [-0.2, 0) is 32.0 Å². The number of nitrogens with zero attached hydrogens (tertiary/aromatic N) is 2. The van der Waals surface area contributed by atoms with E-state index in [-0.39, 0.29) is 57.9 Å². The fourth-order valence-electron chi connectivity index (χ4n) is 6.88. The summed E-state index contributed by atoms with van der Waals surface area (Å²) >= 11 is 14.0. The molecule has 1 saturated carbocycles. The zero-order valence-corrected chi connectivity index (χ0v) is 32.9. The Morgan fingerprint density at radius 3 is 2.33 bits per heavy atom. The average molecular weight is 849 g/mol. The summed E-state index contributed by atoms with van der Waals surface area (Å²) in [6, 6.07) is 16.4. The summed E-state index contributed by atoms with van der Waals surface area (Å²) in [4.78, 5) is 39.1. The number of alkyl halides is 2. The second-order valence-corrected chi connectivity index (χ2v) is 15.9. The van der Waals surface area contributed by atoms with Gasteiger partial charge in [-0.15, -0.1) is 11.3 Å². The fourth-order valence-corrected chi connectivity index (χ4v) is 8.32. The van der Waals surface area contributed by atoms with Crippen molar-refractivity contribution in [3.05, 3.63) is 115 Å². The molecule has 8 rings (SSSR count). The first-order valence-electron chi connectivity index (χ1n) is 18.4. The third-order valence-corrected chi connectivity index (χ3v) is 11.7. The van der Waals surface area contributed by atoms with Gasteiger partial charge in [-0.25, -0.2) is 9.59 Å². The average Bonchev–Trinajstić information content (AvgIpc) is 3.90. The molecule has 12 nitrogen and oxygen atoms in total. The molecule has 1 aliphatic carbocycles. The van der Waals surface area contributed by atoms with Gasteiger partial charge in [0.15, 0.2) is 23.9 Å². The third-order valence-electron chi connectivity index (χ3n) is 10.00. The maximum Gasteiger partial charge on any atom is 0.387 e. The van der Waals surface area contributed by atoms with E-state index >= 15 is 0 Å². The number of fused-ring (bicyclic) bond motifs is 3. The molecule has 3 atom stereocenters. The van der Waals surface area contributed by atoms with Gasteiger partial charge < -0.3 is 29.3 Å². The second kappa shape index (κ2) is 19.7. The molecule has 0 spiro atoms. The number of hydrogen-bond acceptors (Lipinski definition) is 11. The smallest absolute Gasteiger partial charge is 0.387 e. The molecule has 5 heterocycles. The van der Waals surface area contributed by atoms with Crippen molar-refractivity contribution in [3.63, 3.8) is 0 Å². The van der Waals surface area contributed by atoms with E-state index in [4.69, 9.17) is 52.1 Å². The Labute approximate surface area is 341 Å². The molecule has 4 aromatic rings. The number of carboxylic acid groups (broad SMARTS) is 1. The minimum atomic E-state index is -3.07. The number of thiophene rings is 1. The van der Waals surface area contributed by atoms with Crippen LogP contribution in [0.3, 0.4) is 0 Å². The first-order valence-corrected chi connectivity index (χ1v) is 20.0. The minimum absolute atomic E-state index is 0.0401. The van der Waals surface area contributed by atoms with Crippen molar-refractivity contribution in [2.45, 2.75) is 63.5 Å². The summed E-state index contributed by atoms with van der Waals surface area (Å²) in [6.45, 7) is 0.0944. The first kappa shape index (κ1) is 42.1. The molecule has 1 unspecified atom stereocenters. The van der Waals surface area contributed by atoms with Crippen molar-refractivity contribution in [1.82, 2.24) is 10.2 Å². The monoisotopic (exact) mass is 847 g/mol. The number of ether oxygens (including phenoxy) is 4. The first-order chi connectivity index (χ1) is 27.5. The van der Waals surface area contributed by atoms with E-state index in [2.05, 4.69) is 10.2 Å². The number of pyridine rings is 1. The topological polar surface area (TPSA) is 151 Å². The molecule has 4 aliphatic rings. The number of carbonyl (C=O) groups is 3. The number of piperidine rings is 3. The molecule has 0 radical (unpaired) electrons. The van der Waals surface area contributed by atoms with E-state index in [0.29, 0.717) is 34.3 Å². The van der Waals surface area contributed by atoms with Gasteiger partial charge in [0.1, 0.15) is 33.2 Å². The Bertz CT molecular complexity index is 1970. The maximum absolute atomic E-state index is 13.7. The van der Waals surface area contributed by atoms with E-state index in [1.807, 2.05) is 30.3 Å². The van der Waals surface area contributed by atoms with Gasteiger partial charge in [-0.1, -0.05) is 59.6 Å². The number of hydrogen-bond donors (Lipinski definition) is 2. The lowest BCUT2D eigenvalue weighted by atomic mass is 9.86. The molecule has 0 amide bonds. The molecular formula is C40H41Cl2F2N3O9S. The highest BCUT2D eigenvalue weighted by molar-refractivity contribution is 7.13. The molecule has 304 valence electrons. The van der Waals surface area contributed by atoms with Crippen LogP contribution >= 0.6 is 34.5 Å². The summed E-state index contributed by atoms with van der Waals surface area (Å²) in [5.74, 6) is -0.387. The molecule has 2 aromatic heterocycles. The Hall–Kier alpha value is -4.54. The molecule has 3 aliphatic heterocycles. The van der Waals surface area contributed by atoms with Crippen LogP contribution in [0.25, 0.3) is 0 Å². The highest BCUT2D eigenvalue weighted by Crippen LogP contribution is 2.38. The SMILES string of the molecule is O=C(O[C@@H](Cc1c(Cl)c[n+]([O-])cc1Cl)c1ccc(OC(F)F)c(OCC2CC2)c1)c1ccc(CNC(C(=O)O[C@H]2CN3CCC2CC3)c2ccccc2)s1.O=CO. The lowest BCUT2D eigenvalue weighted by Gasteiger charge is -2.44. The van der Waals surface area contributed by atoms with Crippen molar-refractivity contribution in [2.24, 2.45) is 11.8 Å². The highest BCUT2D eigenvalue weighted by Gasteiger charge is 2.38. The Balaban J connectivity index is 0.00000177. The summed E-state index contributed by atoms with van der Waals surface area (Å²) in [6.07, 6.45) is 5.08. The van der Waals surface area contributed by atoms with E-state index < -0.39 is 24.7 Å². The molecule has 2 aromatic carbocycles. The summed E-state index contributed by atoms with van der Waals surface area (Å²) in [5, 5.41) is 22.3. The summed E-state index contributed by atoms with van der Waals surface area (Å²) < 4.78 is 49.7. The standard InChI is InChI=1S/C39H39Cl2F2N3O7S.CH2O2/c40-29-19-46(49)20-30(41)28(29)17-32(26-8-10-31(53-39(42)43)33(16-26)50-22-23-6-7-23)51-37(47)35-11-9-27(54-35)18-44-36(25-4-2-1-3-5-25)38(48)52-34-21-45-14-12-24(34)13-15-45;2-1-3/h1-5,8-11,16,19-20,23-24,32,34,36,39,44H,6-7,12-15,17-18,21-22H2;1H,(H,2,3)/t32-,34-,36?;/m0./s1. The van der Waals surface area contributed by atoms with Crippen molar-refractivity contribution < 1.29 is 51.9 Å². The van der Waals surface area contributed by atoms with Crippen LogP contribution in [0.5, 0.6) is 11.5 Å². The van der Waals surface area contributed by atoms with Gasteiger partial charge in [0.25, 0.3) is 6.47 Å². The highest BCUT2D eigenvalue weighted by atomic mass is 35.5. The van der Waals surface area contributed by atoms with Gasteiger partial charge >= 0.3 is 18.6 Å². The number of nitrogens with one attached hydrogen (secondary N) is 1. The fraction of sp³-hybridized carbons (Fsp3) is 0.400. The van der Waals surface area contributed by atoms with Gasteiger partial charge in [0.05, 0.1) is 6.61 Å². The van der Waals surface area contributed by atoms with E-state index in [0.717, 1.165) is 68.2 Å². The van der Waals surface area contributed by atoms with Crippen LogP contribution < -0.4 is 19.5 Å². The molecule has 3 saturated heterocycles. The second-order valence-electron chi connectivity index (χ2n) is 13.9. The van der Waals surface area contributed by atoms with Crippen LogP contribution in [0.1, 0.15) is 69.1 Å². The van der Waals surface area contributed by atoms with Crippen molar-refractivity contribution >= 4 is 52.9 Å². The quantitative estimate of drug-likeness (QED) is 0.0503. The number of halogens is 4. The molecule has 57 heavy (non-hydrogen) atoms. The van der Waals surface area contributed by atoms with E-state index in [9.17, 15) is 23.6 Å². The van der Waals surface area contributed by atoms with Crippen molar-refractivity contribution in [2.75, 3.05) is 26.2 Å². The largest absolute Gasteiger partial charge is 0.619 e. The van der Waals surface area contributed by atoms with Crippen LogP contribution in [0.15, 0.2) is 73.1 Å². The Morgan fingerprint density at radius 2 is 1.70 bits per heavy atom. The zero-order chi connectivity index (χ0) is 40.5. The molecule has 2 bridgehead atoms. The summed E-state index contributed by atoms with van der Waals surface area (Å²) in [7, 11) is 0. The third kappa shape index (κ3) is 11.5. The maximum atomic E-state index is 13.7. The van der Waals surface area contributed by atoms with Crippen LogP contribution in [0, 0.1) is 17.0 Å². The molecular weight excluding hydrogens is 807 g/mol.